The molecule has 1 aliphatic carbocycles. The maximum Gasteiger partial charge on any atom is 0.410 e. The third-order valence-corrected chi connectivity index (χ3v) is 4.08. The molecule has 5 heteroatoms. The van der Waals surface area contributed by atoms with Crippen LogP contribution in [0.2, 0.25) is 0 Å². The molecule has 0 saturated heterocycles. The monoisotopic (exact) mass is 300 g/mol. The molecule has 0 unspecified atom stereocenters. The predicted octanol–water partition coefficient (Wildman–Crippen LogP) is 2.39. The van der Waals surface area contributed by atoms with Gasteiger partial charge in [-0.15, -0.1) is 0 Å². The summed E-state index contributed by atoms with van der Waals surface area (Å²) in [6, 6.07) is 0. The average molecular weight is 300 g/mol. The smallest absolute Gasteiger partial charge is 0.410 e. The molecule has 0 aliphatic heterocycles. The van der Waals surface area contributed by atoms with Crippen molar-refractivity contribution >= 4 is 6.09 Å². The fourth-order valence-corrected chi connectivity index (χ4v) is 2.72. The standard InChI is InChI=1S/C16H32N2O3/c1-15(2,3)21-14(20)18(4)11-10-17-12-16(13-19)8-6-5-7-9-16/h17,19H,5-13H2,1-4H3. The number of carbonyl (C=O) groups is 1. The first-order chi connectivity index (χ1) is 9.78. The van der Waals surface area contributed by atoms with E-state index in [2.05, 4.69) is 5.32 Å². The van der Waals surface area contributed by atoms with Crippen LogP contribution in [0.15, 0.2) is 0 Å². The molecule has 0 aromatic carbocycles. The van der Waals surface area contributed by atoms with E-state index in [1.165, 1.54) is 19.3 Å². The number of likely N-dealkylation sites (N-methyl/N-ethyl adjacent to an activating group) is 1. The van der Waals surface area contributed by atoms with Gasteiger partial charge in [0.25, 0.3) is 0 Å². The van der Waals surface area contributed by atoms with Gasteiger partial charge in [-0.05, 0) is 33.6 Å². The quantitative estimate of drug-likeness (QED) is 0.739. The van der Waals surface area contributed by atoms with Crippen LogP contribution in [-0.4, -0.2) is 55.0 Å². The largest absolute Gasteiger partial charge is 0.444 e. The molecule has 0 aromatic heterocycles. The summed E-state index contributed by atoms with van der Waals surface area (Å²) in [6.45, 7) is 8.00. The highest BCUT2D eigenvalue weighted by atomic mass is 16.6. The van der Waals surface area contributed by atoms with Gasteiger partial charge in [0.1, 0.15) is 5.60 Å². The van der Waals surface area contributed by atoms with E-state index in [0.29, 0.717) is 6.54 Å². The lowest BCUT2D eigenvalue weighted by Crippen LogP contribution is -2.42. The Morgan fingerprint density at radius 1 is 1.29 bits per heavy atom. The third-order valence-electron chi connectivity index (χ3n) is 4.08. The van der Waals surface area contributed by atoms with Crippen molar-refractivity contribution in [2.45, 2.75) is 58.5 Å². The zero-order valence-corrected chi connectivity index (χ0v) is 14.1. The number of amides is 1. The molecule has 21 heavy (non-hydrogen) atoms. The van der Waals surface area contributed by atoms with Crippen molar-refractivity contribution in [2.24, 2.45) is 5.41 Å². The first-order valence-corrected chi connectivity index (χ1v) is 8.04. The second-order valence-electron chi connectivity index (χ2n) is 7.30. The maximum absolute atomic E-state index is 11.8. The second-order valence-corrected chi connectivity index (χ2v) is 7.30. The van der Waals surface area contributed by atoms with E-state index in [-0.39, 0.29) is 18.1 Å². The molecule has 0 heterocycles. The first-order valence-electron chi connectivity index (χ1n) is 8.04. The number of hydrogen-bond acceptors (Lipinski definition) is 4. The summed E-state index contributed by atoms with van der Waals surface area (Å²) in [7, 11) is 1.75. The molecule has 0 spiro atoms. The van der Waals surface area contributed by atoms with Crippen LogP contribution in [0.1, 0.15) is 52.9 Å². The van der Waals surface area contributed by atoms with E-state index in [4.69, 9.17) is 4.74 Å². The number of rotatable bonds is 6. The van der Waals surface area contributed by atoms with Gasteiger partial charge in [0.05, 0.1) is 0 Å². The number of nitrogens with one attached hydrogen (secondary N) is 1. The summed E-state index contributed by atoms with van der Waals surface area (Å²) < 4.78 is 5.31. The first kappa shape index (κ1) is 18.2. The van der Waals surface area contributed by atoms with Gasteiger partial charge in [-0.3, -0.25) is 0 Å². The van der Waals surface area contributed by atoms with Gasteiger partial charge >= 0.3 is 6.09 Å². The fourth-order valence-electron chi connectivity index (χ4n) is 2.72. The van der Waals surface area contributed by atoms with Crippen molar-refractivity contribution < 1.29 is 14.6 Å². The Morgan fingerprint density at radius 2 is 1.90 bits per heavy atom. The van der Waals surface area contributed by atoms with E-state index < -0.39 is 5.60 Å². The van der Waals surface area contributed by atoms with Crippen molar-refractivity contribution in [1.82, 2.24) is 10.2 Å². The Bertz CT molecular complexity index is 320. The molecule has 124 valence electrons. The number of carbonyl (C=O) groups excluding carboxylic acids is 1. The highest BCUT2D eigenvalue weighted by Gasteiger charge is 2.30. The van der Waals surface area contributed by atoms with E-state index in [1.54, 1.807) is 11.9 Å². The Labute approximate surface area is 129 Å². The highest BCUT2D eigenvalue weighted by molar-refractivity contribution is 5.67. The minimum Gasteiger partial charge on any atom is -0.444 e. The van der Waals surface area contributed by atoms with Gasteiger partial charge in [-0.2, -0.15) is 0 Å². The molecule has 0 bridgehead atoms. The van der Waals surface area contributed by atoms with Crippen LogP contribution in [0.4, 0.5) is 4.79 Å². The molecular formula is C16H32N2O3. The van der Waals surface area contributed by atoms with Crippen LogP contribution >= 0.6 is 0 Å². The van der Waals surface area contributed by atoms with Crippen LogP contribution in [0.25, 0.3) is 0 Å². The zero-order chi connectivity index (χ0) is 15.9. The number of ether oxygens (including phenoxy) is 1. The summed E-state index contributed by atoms with van der Waals surface area (Å²) in [5.74, 6) is 0. The molecule has 1 fully saturated rings. The molecule has 5 nitrogen and oxygen atoms in total. The van der Waals surface area contributed by atoms with E-state index in [9.17, 15) is 9.90 Å². The number of aliphatic hydroxyl groups excluding tert-OH is 1. The average Bonchev–Trinajstić information content (AvgIpc) is 2.42. The van der Waals surface area contributed by atoms with Crippen LogP contribution in [0.5, 0.6) is 0 Å². The summed E-state index contributed by atoms with van der Waals surface area (Å²) in [4.78, 5) is 13.4. The summed E-state index contributed by atoms with van der Waals surface area (Å²) in [6.07, 6.45) is 5.60. The highest BCUT2D eigenvalue weighted by Crippen LogP contribution is 2.35. The van der Waals surface area contributed by atoms with Crippen molar-refractivity contribution in [3.8, 4) is 0 Å². The molecule has 0 aromatic rings. The molecule has 1 saturated carbocycles. The van der Waals surface area contributed by atoms with Crippen LogP contribution in [-0.2, 0) is 4.74 Å². The van der Waals surface area contributed by atoms with Crippen molar-refractivity contribution in [2.75, 3.05) is 33.3 Å². The minimum atomic E-state index is -0.457. The van der Waals surface area contributed by atoms with E-state index >= 15 is 0 Å². The Balaban J connectivity index is 2.25. The van der Waals surface area contributed by atoms with Crippen LogP contribution < -0.4 is 5.32 Å². The second kappa shape index (κ2) is 7.99. The summed E-state index contributed by atoms with van der Waals surface area (Å²) in [5.41, 5.74) is -0.412. The van der Waals surface area contributed by atoms with Gasteiger partial charge in [0.15, 0.2) is 0 Å². The number of hydrogen-bond donors (Lipinski definition) is 2. The lowest BCUT2D eigenvalue weighted by atomic mass is 9.74. The Hall–Kier alpha value is -0.810. The Morgan fingerprint density at radius 3 is 2.43 bits per heavy atom. The van der Waals surface area contributed by atoms with Crippen LogP contribution in [0.3, 0.4) is 0 Å². The zero-order valence-electron chi connectivity index (χ0n) is 14.1. The maximum atomic E-state index is 11.8. The van der Waals surface area contributed by atoms with Crippen molar-refractivity contribution in [3.63, 3.8) is 0 Å². The SMILES string of the molecule is CN(CCNCC1(CO)CCCCC1)C(=O)OC(C)(C)C. The molecule has 1 rings (SSSR count). The molecular weight excluding hydrogens is 268 g/mol. The third kappa shape index (κ3) is 6.66. The normalized spacial score (nSPS) is 18.3. The molecule has 0 radical (unpaired) electrons. The van der Waals surface area contributed by atoms with E-state index in [0.717, 1.165) is 25.9 Å². The topological polar surface area (TPSA) is 61.8 Å². The van der Waals surface area contributed by atoms with Gasteiger partial charge in [0.2, 0.25) is 0 Å². The minimum absolute atomic E-state index is 0.0444. The summed E-state index contributed by atoms with van der Waals surface area (Å²) in [5, 5.41) is 13.0. The summed E-state index contributed by atoms with van der Waals surface area (Å²) >= 11 is 0. The molecule has 1 aliphatic rings. The molecule has 0 atom stereocenters. The lowest BCUT2D eigenvalue weighted by molar-refractivity contribution is 0.0295. The number of aliphatic hydroxyl groups is 1. The fraction of sp³-hybridized carbons (Fsp3) is 0.938. The van der Waals surface area contributed by atoms with Crippen molar-refractivity contribution in [3.05, 3.63) is 0 Å². The van der Waals surface area contributed by atoms with Crippen LogP contribution in [0, 0.1) is 5.41 Å². The number of nitrogens with zero attached hydrogens (tertiary/aromatic N) is 1. The molecule has 2 N–H and O–H groups in total. The van der Waals surface area contributed by atoms with Gasteiger partial charge < -0.3 is 20.1 Å². The van der Waals surface area contributed by atoms with Crippen molar-refractivity contribution in [1.29, 1.82) is 0 Å². The van der Waals surface area contributed by atoms with Gasteiger partial charge in [-0.25, -0.2) is 4.79 Å². The Kier molecular flexibility index (Phi) is 6.94. The van der Waals surface area contributed by atoms with E-state index in [1.807, 2.05) is 20.8 Å². The predicted molar refractivity (Wildman–Crippen MR) is 84.3 cm³/mol. The van der Waals surface area contributed by atoms with Gasteiger partial charge in [-0.1, -0.05) is 19.3 Å². The molecule has 1 amide bonds. The van der Waals surface area contributed by atoms with Gasteiger partial charge in [0, 0.05) is 38.7 Å². The lowest BCUT2D eigenvalue weighted by Gasteiger charge is -2.36.